The number of carbonyl (C=O) groups excluding carboxylic acids is 2. The van der Waals surface area contributed by atoms with Crippen LogP contribution in [0.4, 0.5) is 5.69 Å². The van der Waals surface area contributed by atoms with E-state index in [1.807, 2.05) is 31.2 Å². The van der Waals surface area contributed by atoms with Crippen LogP contribution in [0, 0.1) is 6.92 Å². The van der Waals surface area contributed by atoms with Gasteiger partial charge in [-0.2, -0.15) is 0 Å². The van der Waals surface area contributed by atoms with Gasteiger partial charge in [0.25, 0.3) is 15.9 Å². The zero-order valence-electron chi connectivity index (χ0n) is 16.6. The van der Waals surface area contributed by atoms with Crippen molar-refractivity contribution in [2.75, 3.05) is 4.72 Å². The first-order chi connectivity index (χ1) is 14.7. The lowest BCUT2D eigenvalue weighted by atomic mass is 10.1. The topological polar surface area (TPSA) is 104 Å². The molecule has 0 saturated heterocycles. The van der Waals surface area contributed by atoms with Crippen LogP contribution in [0.5, 0.6) is 0 Å². The van der Waals surface area contributed by atoms with Gasteiger partial charge in [0.2, 0.25) is 5.91 Å². The molecule has 0 bridgehead atoms. The third-order valence-electron chi connectivity index (χ3n) is 4.33. The Bertz CT molecular complexity index is 1210. The number of benzene rings is 3. The number of sulfonamides is 1. The molecule has 3 rings (SSSR count). The highest BCUT2D eigenvalue weighted by molar-refractivity contribution is 7.92. The maximum atomic E-state index is 12.7. The van der Waals surface area contributed by atoms with Crippen molar-refractivity contribution in [2.24, 2.45) is 0 Å². The van der Waals surface area contributed by atoms with Crippen LogP contribution in [0.1, 0.15) is 21.5 Å². The van der Waals surface area contributed by atoms with E-state index in [4.69, 9.17) is 11.6 Å². The molecule has 0 radical (unpaired) electrons. The predicted octanol–water partition coefficient (Wildman–Crippen LogP) is 3.45. The van der Waals surface area contributed by atoms with Crippen LogP contribution in [0.3, 0.4) is 0 Å². The van der Waals surface area contributed by atoms with Crippen LogP contribution in [-0.2, 0) is 21.2 Å². The number of amides is 2. The summed E-state index contributed by atoms with van der Waals surface area (Å²) in [6, 6.07) is 19.3. The minimum atomic E-state index is -3.97. The second-order valence-electron chi connectivity index (χ2n) is 6.78. The van der Waals surface area contributed by atoms with E-state index in [1.54, 1.807) is 18.2 Å². The fourth-order valence-electron chi connectivity index (χ4n) is 2.69. The normalized spacial score (nSPS) is 10.9. The summed E-state index contributed by atoms with van der Waals surface area (Å²) in [6.45, 7) is 1.95. The Hall–Kier alpha value is -3.36. The van der Waals surface area contributed by atoms with E-state index in [1.165, 1.54) is 30.3 Å². The van der Waals surface area contributed by atoms with E-state index < -0.39 is 21.8 Å². The van der Waals surface area contributed by atoms with Crippen molar-refractivity contribution in [3.8, 4) is 0 Å². The first kappa shape index (κ1) is 22.3. The van der Waals surface area contributed by atoms with Crippen LogP contribution in [0.2, 0.25) is 5.02 Å². The molecule has 3 aromatic rings. The number of halogens is 1. The molecular formula is C22H20ClN3O4S. The van der Waals surface area contributed by atoms with Crippen LogP contribution < -0.4 is 15.6 Å². The second kappa shape index (κ2) is 9.63. The van der Waals surface area contributed by atoms with Gasteiger partial charge in [0.15, 0.2) is 0 Å². The van der Waals surface area contributed by atoms with Gasteiger partial charge < -0.3 is 0 Å². The summed E-state index contributed by atoms with van der Waals surface area (Å²) >= 11 is 6.00. The van der Waals surface area contributed by atoms with E-state index in [9.17, 15) is 18.0 Å². The summed E-state index contributed by atoms with van der Waals surface area (Å²) in [6.07, 6.45) is 0.0940. The number of anilines is 1. The Morgan fingerprint density at radius 3 is 2.32 bits per heavy atom. The highest BCUT2D eigenvalue weighted by Gasteiger charge is 2.18. The largest absolute Gasteiger partial charge is 0.278 e. The Kier molecular flexibility index (Phi) is 6.94. The van der Waals surface area contributed by atoms with Gasteiger partial charge in [0.05, 0.1) is 22.0 Å². The summed E-state index contributed by atoms with van der Waals surface area (Å²) in [5.41, 5.74) is 6.80. The van der Waals surface area contributed by atoms with Crippen LogP contribution in [0.15, 0.2) is 77.7 Å². The third-order valence-corrected chi connectivity index (χ3v) is 6.02. The predicted molar refractivity (Wildman–Crippen MR) is 119 cm³/mol. The fraction of sp³-hybridized carbons (Fsp3) is 0.0909. The van der Waals surface area contributed by atoms with E-state index in [2.05, 4.69) is 15.6 Å². The maximum Gasteiger partial charge on any atom is 0.269 e. The van der Waals surface area contributed by atoms with Gasteiger partial charge in [-0.1, -0.05) is 59.6 Å². The van der Waals surface area contributed by atoms with Crippen LogP contribution >= 0.6 is 11.6 Å². The SMILES string of the molecule is Cc1ccc(CC(=O)NNC(=O)c2cccc(S(=O)(=O)Nc3ccccc3Cl)c2)cc1. The summed E-state index contributed by atoms with van der Waals surface area (Å²) < 4.78 is 27.7. The van der Waals surface area contributed by atoms with E-state index >= 15 is 0 Å². The second-order valence-corrected chi connectivity index (χ2v) is 8.87. The minimum Gasteiger partial charge on any atom is -0.278 e. The number of aryl methyl sites for hydroxylation is 1. The van der Waals surface area contributed by atoms with E-state index in [0.29, 0.717) is 0 Å². The van der Waals surface area contributed by atoms with Crippen LogP contribution in [-0.4, -0.2) is 20.2 Å². The maximum absolute atomic E-state index is 12.7. The molecule has 0 atom stereocenters. The molecule has 0 unspecified atom stereocenters. The Balaban J connectivity index is 1.65. The summed E-state index contributed by atoms with van der Waals surface area (Å²) in [5.74, 6) is -1.05. The molecule has 3 aromatic carbocycles. The lowest BCUT2D eigenvalue weighted by molar-refractivity contribution is -0.121. The average Bonchev–Trinajstić information content (AvgIpc) is 2.75. The minimum absolute atomic E-state index is 0.0673. The average molecular weight is 458 g/mol. The number of hydrogen-bond acceptors (Lipinski definition) is 4. The summed E-state index contributed by atoms with van der Waals surface area (Å²) in [7, 11) is -3.97. The molecule has 9 heteroatoms. The van der Waals surface area contributed by atoms with Gasteiger partial charge in [-0.05, 0) is 42.8 Å². The van der Waals surface area contributed by atoms with Crippen LogP contribution in [0.25, 0.3) is 0 Å². The molecule has 0 fully saturated rings. The molecule has 31 heavy (non-hydrogen) atoms. The van der Waals surface area contributed by atoms with Gasteiger partial charge in [0, 0.05) is 5.56 Å². The molecule has 160 valence electrons. The molecule has 7 nitrogen and oxygen atoms in total. The summed E-state index contributed by atoms with van der Waals surface area (Å²) in [4.78, 5) is 24.3. The zero-order chi connectivity index (χ0) is 22.4. The number of hydrogen-bond donors (Lipinski definition) is 3. The number of rotatable bonds is 6. The van der Waals surface area contributed by atoms with Gasteiger partial charge in [-0.3, -0.25) is 25.2 Å². The molecule has 0 aliphatic heterocycles. The molecule has 0 aromatic heterocycles. The molecule has 0 spiro atoms. The number of para-hydroxylation sites is 1. The fourth-order valence-corrected chi connectivity index (χ4v) is 4.05. The Morgan fingerprint density at radius 2 is 1.61 bits per heavy atom. The van der Waals surface area contributed by atoms with E-state index in [-0.39, 0.29) is 27.6 Å². The Labute approximate surface area is 185 Å². The molecule has 0 aliphatic carbocycles. The van der Waals surface area contributed by atoms with Crippen molar-refractivity contribution in [3.05, 3.63) is 94.5 Å². The summed E-state index contributed by atoms with van der Waals surface area (Å²) in [5, 5.41) is 0.247. The van der Waals surface area contributed by atoms with Crippen molar-refractivity contribution in [2.45, 2.75) is 18.2 Å². The number of carbonyl (C=O) groups is 2. The first-order valence-electron chi connectivity index (χ1n) is 9.27. The van der Waals surface area contributed by atoms with Gasteiger partial charge in [0.1, 0.15) is 0 Å². The first-order valence-corrected chi connectivity index (χ1v) is 11.1. The smallest absolute Gasteiger partial charge is 0.269 e. The van der Waals surface area contributed by atoms with Crippen molar-refractivity contribution < 1.29 is 18.0 Å². The molecule has 0 saturated carbocycles. The quantitative estimate of drug-likeness (QED) is 0.493. The van der Waals surface area contributed by atoms with Crippen molar-refractivity contribution in [1.82, 2.24) is 10.9 Å². The Morgan fingerprint density at radius 1 is 0.903 bits per heavy atom. The monoisotopic (exact) mass is 457 g/mol. The highest BCUT2D eigenvalue weighted by atomic mass is 35.5. The zero-order valence-corrected chi connectivity index (χ0v) is 18.1. The van der Waals surface area contributed by atoms with E-state index in [0.717, 1.165) is 11.1 Å². The van der Waals surface area contributed by atoms with Gasteiger partial charge in [-0.25, -0.2) is 8.42 Å². The van der Waals surface area contributed by atoms with Crippen molar-refractivity contribution in [1.29, 1.82) is 0 Å². The van der Waals surface area contributed by atoms with Crippen molar-refractivity contribution in [3.63, 3.8) is 0 Å². The molecule has 2 amide bonds. The number of nitrogens with one attached hydrogen (secondary N) is 3. The van der Waals surface area contributed by atoms with Gasteiger partial charge in [-0.15, -0.1) is 0 Å². The molecule has 0 aliphatic rings. The standard InChI is InChI=1S/C22H20ClN3O4S/c1-15-9-11-16(12-10-15)13-21(27)24-25-22(28)17-5-4-6-18(14-17)31(29,30)26-20-8-3-2-7-19(20)23/h2-12,14,26H,13H2,1H3,(H,24,27)(H,25,28). The van der Waals surface area contributed by atoms with Crippen molar-refractivity contribution >= 4 is 39.1 Å². The molecular weight excluding hydrogens is 438 g/mol. The molecule has 0 heterocycles. The lowest BCUT2D eigenvalue weighted by Gasteiger charge is -2.11. The van der Waals surface area contributed by atoms with Gasteiger partial charge >= 0.3 is 0 Å². The number of hydrazine groups is 1. The molecule has 3 N–H and O–H groups in total. The highest BCUT2D eigenvalue weighted by Crippen LogP contribution is 2.24. The lowest BCUT2D eigenvalue weighted by Crippen LogP contribution is -2.42. The third kappa shape index (κ3) is 6.07.